The summed E-state index contributed by atoms with van der Waals surface area (Å²) in [4.78, 5) is 0. The standard InChI is InChI=1S/C55H32/c1-2-11-37-28-40(23-20-33(37)10-1)46-30-41(42-26-24-36-22-21-34-14-9-15-35-25-27-45(42)53(36)52(34)35)32-51-54(46)47-29-38-12-3-4-13-39(38)31-50(47)55(51)48-18-7-5-16-43(48)44-17-6-8-19-49(44)55/h1-32H. The summed E-state index contributed by atoms with van der Waals surface area (Å²) in [7, 11) is 0. The monoisotopic (exact) mass is 692 g/mol. The summed E-state index contributed by atoms with van der Waals surface area (Å²) in [6.45, 7) is 0. The molecule has 13 rings (SSSR count). The van der Waals surface area contributed by atoms with Gasteiger partial charge in [0, 0.05) is 0 Å². The van der Waals surface area contributed by atoms with Gasteiger partial charge in [0.15, 0.2) is 0 Å². The Labute approximate surface area is 318 Å². The van der Waals surface area contributed by atoms with Gasteiger partial charge < -0.3 is 0 Å². The number of fused-ring (bicyclic) bond motifs is 12. The lowest BCUT2D eigenvalue weighted by Gasteiger charge is -2.31. The predicted octanol–water partition coefficient (Wildman–Crippen LogP) is 14.6. The molecule has 0 saturated heterocycles. The van der Waals surface area contributed by atoms with Crippen LogP contribution in [0.4, 0.5) is 0 Å². The van der Waals surface area contributed by atoms with Crippen molar-refractivity contribution in [3.8, 4) is 44.5 Å². The minimum atomic E-state index is -0.479. The lowest BCUT2D eigenvalue weighted by molar-refractivity contribution is 0.795. The highest BCUT2D eigenvalue weighted by molar-refractivity contribution is 6.25. The normalized spacial score (nSPS) is 13.6. The van der Waals surface area contributed by atoms with Crippen molar-refractivity contribution < 1.29 is 0 Å². The van der Waals surface area contributed by atoms with Crippen LogP contribution in [0.2, 0.25) is 0 Å². The van der Waals surface area contributed by atoms with E-state index in [9.17, 15) is 0 Å². The van der Waals surface area contributed by atoms with Crippen molar-refractivity contribution in [3.63, 3.8) is 0 Å². The van der Waals surface area contributed by atoms with Crippen molar-refractivity contribution in [1.29, 1.82) is 0 Å². The lowest BCUT2D eigenvalue weighted by Crippen LogP contribution is -2.26. The van der Waals surface area contributed by atoms with Crippen molar-refractivity contribution in [2.45, 2.75) is 5.41 Å². The third kappa shape index (κ3) is 3.76. The largest absolute Gasteiger partial charge is 0.0726 e. The second-order valence-corrected chi connectivity index (χ2v) is 15.6. The minimum absolute atomic E-state index is 0.479. The first-order valence-corrected chi connectivity index (χ1v) is 19.3. The summed E-state index contributed by atoms with van der Waals surface area (Å²) in [6.07, 6.45) is 0. The molecule has 0 heteroatoms. The second kappa shape index (κ2) is 10.6. The van der Waals surface area contributed by atoms with E-state index in [0.717, 1.165) is 0 Å². The molecule has 0 unspecified atom stereocenters. The summed E-state index contributed by atoms with van der Waals surface area (Å²) in [6, 6.07) is 73.7. The van der Waals surface area contributed by atoms with Crippen LogP contribution < -0.4 is 0 Å². The van der Waals surface area contributed by atoms with E-state index in [2.05, 4.69) is 194 Å². The Morgan fingerprint density at radius 1 is 0.255 bits per heavy atom. The van der Waals surface area contributed by atoms with Crippen molar-refractivity contribution >= 4 is 53.9 Å². The van der Waals surface area contributed by atoms with E-state index >= 15 is 0 Å². The molecule has 11 aromatic rings. The Bertz CT molecular complexity index is 3370. The van der Waals surface area contributed by atoms with Gasteiger partial charge in [-0.15, -0.1) is 0 Å². The molecule has 0 saturated carbocycles. The van der Waals surface area contributed by atoms with E-state index in [4.69, 9.17) is 0 Å². The zero-order chi connectivity index (χ0) is 35.8. The average Bonchev–Trinajstić information content (AvgIpc) is 3.71. The second-order valence-electron chi connectivity index (χ2n) is 15.6. The van der Waals surface area contributed by atoms with Gasteiger partial charge in [-0.1, -0.05) is 164 Å². The fourth-order valence-corrected chi connectivity index (χ4v) is 10.7. The van der Waals surface area contributed by atoms with Gasteiger partial charge in [0.2, 0.25) is 0 Å². The molecule has 0 amide bonds. The molecule has 2 aliphatic carbocycles. The zero-order valence-corrected chi connectivity index (χ0v) is 30.0. The number of rotatable bonds is 2. The van der Waals surface area contributed by atoms with E-state index < -0.39 is 5.41 Å². The molecule has 0 atom stereocenters. The molecule has 1 spiro atoms. The van der Waals surface area contributed by atoms with Crippen LogP contribution in [-0.4, -0.2) is 0 Å². The predicted molar refractivity (Wildman–Crippen MR) is 232 cm³/mol. The molecule has 0 bridgehead atoms. The fraction of sp³-hybridized carbons (Fsp3) is 0.0182. The van der Waals surface area contributed by atoms with E-state index in [1.165, 1.54) is 121 Å². The molecule has 55 heavy (non-hydrogen) atoms. The Morgan fingerprint density at radius 2 is 0.818 bits per heavy atom. The third-order valence-electron chi connectivity index (χ3n) is 13.0. The zero-order valence-electron chi connectivity index (χ0n) is 30.0. The summed E-state index contributed by atoms with van der Waals surface area (Å²) in [5.41, 5.74) is 15.3. The molecule has 0 aromatic heterocycles. The molecule has 0 fully saturated rings. The van der Waals surface area contributed by atoms with Crippen LogP contribution in [0.5, 0.6) is 0 Å². The SMILES string of the molecule is c1ccc2c(c1)-c1ccccc1C21c2cc3ccccc3cc2-c2c(-c3ccc4ccccc4c3)cc(-c3ccc4ccc5cccc6ccc3c4c56)cc21. The highest BCUT2D eigenvalue weighted by Crippen LogP contribution is 2.65. The quantitative estimate of drug-likeness (QED) is 0.158. The van der Waals surface area contributed by atoms with E-state index in [-0.39, 0.29) is 0 Å². The number of benzene rings is 11. The van der Waals surface area contributed by atoms with Gasteiger partial charge in [0.1, 0.15) is 0 Å². The van der Waals surface area contributed by atoms with Gasteiger partial charge in [0.25, 0.3) is 0 Å². The topological polar surface area (TPSA) is 0 Å². The van der Waals surface area contributed by atoms with Gasteiger partial charge >= 0.3 is 0 Å². The Hall–Kier alpha value is -7.02. The average molecular weight is 693 g/mol. The van der Waals surface area contributed by atoms with Gasteiger partial charge in [-0.3, -0.25) is 0 Å². The van der Waals surface area contributed by atoms with Gasteiger partial charge in [0.05, 0.1) is 5.41 Å². The minimum Gasteiger partial charge on any atom is -0.0619 e. The number of hydrogen-bond donors (Lipinski definition) is 0. The Balaban J connectivity index is 1.22. The highest BCUT2D eigenvalue weighted by atomic mass is 14.5. The maximum atomic E-state index is 2.57. The molecule has 0 aliphatic heterocycles. The maximum Gasteiger partial charge on any atom is 0.0726 e. The maximum absolute atomic E-state index is 2.57. The van der Waals surface area contributed by atoms with Crippen LogP contribution in [0, 0.1) is 0 Å². The Kier molecular flexibility index (Phi) is 5.65. The summed E-state index contributed by atoms with van der Waals surface area (Å²) < 4.78 is 0. The first-order valence-electron chi connectivity index (χ1n) is 19.3. The van der Waals surface area contributed by atoms with Crippen molar-refractivity contribution in [3.05, 3.63) is 216 Å². The van der Waals surface area contributed by atoms with E-state index in [1.807, 2.05) is 0 Å². The number of hydrogen-bond acceptors (Lipinski definition) is 0. The third-order valence-corrected chi connectivity index (χ3v) is 13.0. The van der Waals surface area contributed by atoms with Crippen LogP contribution in [-0.2, 0) is 5.41 Å². The Morgan fingerprint density at radius 3 is 1.56 bits per heavy atom. The molecule has 0 nitrogen and oxygen atoms in total. The van der Waals surface area contributed by atoms with Gasteiger partial charge in [-0.2, -0.15) is 0 Å². The summed E-state index contributed by atoms with van der Waals surface area (Å²) in [5.74, 6) is 0. The van der Waals surface area contributed by atoms with E-state index in [1.54, 1.807) is 0 Å². The molecule has 11 aromatic carbocycles. The van der Waals surface area contributed by atoms with Crippen molar-refractivity contribution in [2.75, 3.05) is 0 Å². The smallest absolute Gasteiger partial charge is 0.0619 e. The molecule has 0 N–H and O–H groups in total. The van der Waals surface area contributed by atoms with Gasteiger partial charge in [-0.25, -0.2) is 0 Å². The van der Waals surface area contributed by atoms with Crippen molar-refractivity contribution in [2.24, 2.45) is 0 Å². The molecular formula is C55H32. The van der Waals surface area contributed by atoms with Crippen LogP contribution in [0.3, 0.4) is 0 Å². The van der Waals surface area contributed by atoms with E-state index in [0.29, 0.717) is 0 Å². The fourth-order valence-electron chi connectivity index (χ4n) is 10.7. The molecule has 0 heterocycles. The molecule has 252 valence electrons. The summed E-state index contributed by atoms with van der Waals surface area (Å²) in [5, 5.41) is 12.9. The van der Waals surface area contributed by atoms with Crippen LogP contribution >= 0.6 is 0 Å². The first-order chi connectivity index (χ1) is 27.3. The molecule has 0 radical (unpaired) electrons. The molecular weight excluding hydrogens is 661 g/mol. The molecule has 2 aliphatic rings. The van der Waals surface area contributed by atoms with Crippen LogP contribution in [0.15, 0.2) is 194 Å². The first kappa shape index (κ1) is 29.4. The van der Waals surface area contributed by atoms with Gasteiger partial charge in [-0.05, 0) is 151 Å². The highest BCUT2D eigenvalue weighted by Gasteiger charge is 2.52. The van der Waals surface area contributed by atoms with Crippen LogP contribution in [0.1, 0.15) is 22.3 Å². The summed E-state index contributed by atoms with van der Waals surface area (Å²) >= 11 is 0. The van der Waals surface area contributed by atoms with Crippen LogP contribution in [0.25, 0.3) is 98.4 Å². The van der Waals surface area contributed by atoms with Crippen molar-refractivity contribution in [1.82, 2.24) is 0 Å². The lowest BCUT2D eigenvalue weighted by atomic mass is 9.69.